The minimum Gasteiger partial charge on any atom is -0.466 e. The molecule has 5 heteroatoms. The summed E-state index contributed by atoms with van der Waals surface area (Å²) in [7, 11) is 2.68. The molecular weight excluding hydrogens is 356 g/mol. The van der Waals surface area contributed by atoms with Crippen LogP contribution >= 0.6 is 0 Å². The fourth-order valence-corrected chi connectivity index (χ4v) is 5.51. The number of methoxy groups -OCH3 is 2. The topological polar surface area (TPSA) is 65.1 Å². The summed E-state index contributed by atoms with van der Waals surface area (Å²) in [6.45, 7) is 0. The number of carbonyl (C=O) groups is 2. The van der Waals surface area contributed by atoms with Gasteiger partial charge in [0.2, 0.25) is 0 Å². The third-order valence-corrected chi connectivity index (χ3v) is 6.43. The molecule has 3 aliphatic rings. The van der Waals surface area contributed by atoms with Crippen molar-refractivity contribution in [1.29, 1.82) is 0 Å². The lowest BCUT2D eigenvalue weighted by molar-refractivity contribution is -0.139. The van der Waals surface area contributed by atoms with Crippen molar-refractivity contribution in [3.05, 3.63) is 82.9 Å². The molecule has 2 aromatic carbocycles. The third kappa shape index (κ3) is 2.00. The van der Waals surface area contributed by atoms with Crippen LogP contribution in [0.2, 0.25) is 0 Å². The largest absolute Gasteiger partial charge is 0.466 e. The summed E-state index contributed by atoms with van der Waals surface area (Å²) in [5.41, 5.74) is 2.35. The summed E-state index contributed by atoms with van der Waals surface area (Å²) in [4.78, 5) is 25.6. The second kappa shape index (κ2) is 6.04. The van der Waals surface area contributed by atoms with Gasteiger partial charge in [-0.1, -0.05) is 60.7 Å². The Labute approximate surface area is 162 Å². The molecule has 4 atom stereocenters. The standard InChI is InChI=1S/C23H20O5/c1-26-21(24)15-16(22(25)27-2)18-20-19(28-20)17(15)23(18,13-9-5-3-6-10-13)14-11-7-4-8-12-14/h3-12,17-20H,1-2H3/t17-,18-,19-,20-/m1/s1. The molecule has 0 spiro atoms. The van der Waals surface area contributed by atoms with Crippen LogP contribution in [0.25, 0.3) is 0 Å². The van der Waals surface area contributed by atoms with E-state index in [4.69, 9.17) is 14.2 Å². The minimum absolute atomic E-state index is 0.104. The molecule has 2 aliphatic carbocycles. The Hall–Kier alpha value is -2.92. The average Bonchev–Trinajstić information content (AvgIpc) is 3.43. The van der Waals surface area contributed by atoms with Gasteiger partial charge in [-0.2, -0.15) is 0 Å². The van der Waals surface area contributed by atoms with Crippen LogP contribution in [0.5, 0.6) is 0 Å². The van der Waals surface area contributed by atoms with E-state index in [1.165, 1.54) is 14.2 Å². The van der Waals surface area contributed by atoms with E-state index in [-0.39, 0.29) is 24.0 Å². The highest BCUT2D eigenvalue weighted by Crippen LogP contribution is 2.70. The molecule has 5 nitrogen and oxygen atoms in total. The molecule has 0 amide bonds. The molecule has 0 unspecified atom stereocenters. The molecule has 1 aliphatic heterocycles. The maximum absolute atomic E-state index is 12.8. The van der Waals surface area contributed by atoms with Gasteiger partial charge in [-0.05, 0) is 11.1 Å². The highest BCUT2D eigenvalue weighted by atomic mass is 16.6. The lowest BCUT2D eigenvalue weighted by Crippen LogP contribution is -2.40. The van der Waals surface area contributed by atoms with Crippen LogP contribution in [0, 0.1) is 11.8 Å². The highest BCUT2D eigenvalue weighted by molar-refractivity contribution is 6.04. The fourth-order valence-electron chi connectivity index (χ4n) is 5.51. The summed E-state index contributed by atoms with van der Waals surface area (Å²) in [5.74, 6) is -1.57. The molecule has 1 saturated carbocycles. The van der Waals surface area contributed by atoms with Crippen molar-refractivity contribution in [2.24, 2.45) is 11.8 Å². The van der Waals surface area contributed by atoms with Gasteiger partial charge in [-0.25, -0.2) is 9.59 Å². The van der Waals surface area contributed by atoms with E-state index in [1.54, 1.807) is 0 Å². The van der Waals surface area contributed by atoms with Crippen LogP contribution in [0.3, 0.4) is 0 Å². The molecule has 1 saturated heterocycles. The molecule has 28 heavy (non-hydrogen) atoms. The Kier molecular flexibility index (Phi) is 3.71. The molecule has 5 rings (SSSR count). The van der Waals surface area contributed by atoms with Crippen molar-refractivity contribution in [1.82, 2.24) is 0 Å². The lowest BCUT2D eigenvalue weighted by atomic mass is 9.64. The van der Waals surface area contributed by atoms with Gasteiger partial charge >= 0.3 is 11.9 Å². The normalized spacial score (nSPS) is 28.6. The zero-order valence-electron chi connectivity index (χ0n) is 15.6. The van der Waals surface area contributed by atoms with Crippen molar-refractivity contribution in [3.63, 3.8) is 0 Å². The zero-order chi connectivity index (χ0) is 19.5. The van der Waals surface area contributed by atoms with Gasteiger partial charge in [-0.15, -0.1) is 0 Å². The molecule has 0 N–H and O–H groups in total. The molecule has 2 aromatic rings. The predicted molar refractivity (Wildman–Crippen MR) is 100 cm³/mol. The molecule has 0 radical (unpaired) electrons. The summed E-state index contributed by atoms with van der Waals surface area (Å²) in [5, 5.41) is 0. The Morgan fingerprint density at radius 1 is 0.750 bits per heavy atom. The van der Waals surface area contributed by atoms with E-state index >= 15 is 0 Å². The van der Waals surface area contributed by atoms with E-state index in [1.807, 2.05) is 36.4 Å². The van der Waals surface area contributed by atoms with Crippen LogP contribution in [-0.2, 0) is 29.2 Å². The first-order chi connectivity index (χ1) is 13.7. The third-order valence-electron chi connectivity index (χ3n) is 6.43. The van der Waals surface area contributed by atoms with Gasteiger partial charge in [0.25, 0.3) is 0 Å². The monoisotopic (exact) mass is 376 g/mol. The highest BCUT2D eigenvalue weighted by Gasteiger charge is 2.77. The second-order valence-corrected chi connectivity index (χ2v) is 7.43. The van der Waals surface area contributed by atoms with Gasteiger partial charge in [0, 0.05) is 17.3 Å². The quantitative estimate of drug-likeness (QED) is 0.606. The Balaban J connectivity index is 1.82. The van der Waals surface area contributed by atoms with Crippen LogP contribution in [0.15, 0.2) is 71.8 Å². The zero-order valence-corrected chi connectivity index (χ0v) is 15.6. The Morgan fingerprint density at radius 2 is 1.14 bits per heavy atom. The van der Waals surface area contributed by atoms with Crippen molar-refractivity contribution in [3.8, 4) is 0 Å². The Morgan fingerprint density at radius 3 is 1.50 bits per heavy atom. The van der Waals surface area contributed by atoms with Crippen molar-refractivity contribution < 1.29 is 23.8 Å². The Bertz CT molecular complexity index is 899. The van der Waals surface area contributed by atoms with Crippen LogP contribution in [0.4, 0.5) is 0 Å². The first-order valence-electron chi connectivity index (χ1n) is 9.33. The van der Waals surface area contributed by atoms with Crippen LogP contribution in [-0.4, -0.2) is 38.4 Å². The fraction of sp³-hybridized carbons (Fsp3) is 0.304. The number of hydrogen-bond acceptors (Lipinski definition) is 5. The van der Waals surface area contributed by atoms with Gasteiger partial charge < -0.3 is 14.2 Å². The van der Waals surface area contributed by atoms with Crippen molar-refractivity contribution >= 4 is 11.9 Å². The molecule has 0 aromatic heterocycles. The molecular formula is C23H20O5. The smallest absolute Gasteiger partial charge is 0.334 e. The lowest BCUT2D eigenvalue weighted by Gasteiger charge is -2.38. The summed E-state index contributed by atoms with van der Waals surface area (Å²) in [6.07, 6.45) is -0.208. The molecule has 2 bridgehead atoms. The first-order valence-corrected chi connectivity index (χ1v) is 9.33. The van der Waals surface area contributed by atoms with Gasteiger partial charge in [0.05, 0.1) is 37.6 Å². The number of hydrogen-bond donors (Lipinski definition) is 0. The maximum Gasteiger partial charge on any atom is 0.334 e. The minimum atomic E-state index is -0.566. The van der Waals surface area contributed by atoms with Gasteiger partial charge in [-0.3, -0.25) is 0 Å². The van der Waals surface area contributed by atoms with E-state index in [0.29, 0.717) is 11.1 Å². The van der Waals surface area contributed by atoms with Gasteiger partial charge in [0.15, 0.2) is 0 Å². The average molecular weight is 376 g/mol. The SMILES string of the molecule is COC(=O)C1=C(C(=O)OC)[C@@H]2[C@H]3O[C@@H]3[C@@H]1C2(c1ccccc1)c1ccccc1. The number of epoxide rings is 1. The second-order valence-electron chi connectivity index (χ2n) is 7.43. The van der Waals surface area contributed by atoms with Gasteiger partial charge in [0.1, 0.15) is 0 Å². The number of carbonyl (C=O) groups excluding carboxylic acids is 2. The maximum atomic E-state index is 12.8. The summed E-state index contributed by atoms with van der Waals surface area (Å²) < 4.78 is 16.1. The van der Waals surface area contributed by atoms with Crippen molar-refractivity contribution in [2.45, 2.75) is 17.6 Å². The predicted octanol–water partition coefficient (Wildman–Crippen LogP) is 2.64. The molecule has 1 heterocycles. The van der Waals surface area contributed by atoms with E-state index in [0.717, 1.165) is 11.1 Å². The van der Waals surface area contributed by atoms with Crippen LogP contribution < -0.4 is 0 Å². The first kappa shape index (κ1) is 17.2. The number of fused-ring (bicyclic) bond motifs is 5. The van der Waals surface area contributed by atoms with E-state index in [2.05, 4.69) is 24.3 Å². The number of esters is 2. The van der Waals surface area contributed by atoms with E-state index < -0.39 is 17.4 Å². The summed E-state index contributed by atoms with van der Waals surface area (Å²) in [6, 6.07) is 20.1. The van der Waals surface area contributed by atoms with E-state index in [9.17, 15) is 9.59 Å². The molecule has 2 fully saturated rings. The van der Waals surface area contributed by atoms with Crippen molar-refractivity contribution in [2.75, 3.05) is 14.2 Å². The summed E-state index contributed by atoms with van der Waals surface area (Å²) >= 11 is 0. The van der Waals surface area contributed by atoms with Crippen LogP contribution in [0.1, 0.15) is 11.1 Å². The molecule has 142 valence electrons. The number of ether oxygens (including phenoxy) is 3. The number of benzene rings is 2. The number of rotatable bonds is 4.